The first-order valence-electron chi connectivity index (χ1n) is 7.66. The minimum absolute atomic E-state index is 0.0224. The number of hydrogen-bond donors (Lipinski definition) is 2. The number of hydrazone groups is 1. The van der Waals surface area contributed by atoms with Gasteiger partial charge >= 0.3 is 0 Å². The van der Waals surface area contributed by atoms with Gasteiger partial charge in [-0.1, -0.05) is 0 Å². The molecule has 2 aromatic rings. The lowest BCUT2D eigenvalue weighted by Gasteiger charge is -2.21. The summed E-state index contributed by atoms with van der Waals surface area (Å²) in [5.41, 5.74) is 4.96. The normalized spacial score (nSPS) is 10.8. The van der Waals surface area contributed by atoms with Crippen molar-refractivity contribution in [1.82, 2.24) is 0 Å². The fourth-order valence-corrected chi connectivity index (χ4v) is 2.26. The SMILES string of the molecule is CCN(CC)c1ccc(/C=N/Nc2ccc([N+](=O)[O-])cc2)c(O)c1. The third-order valence-electron chi connectivity index (χ3n) is 3.62. The highest BCUT2D eigenvalue weighted by atomic mass is 16.6. The van der Waals surface area contributed by atoms with E-state index in [2.05, 4.69) is 29.3 Å². The predicted molar refractivity (Wildman–Crippen MR) is 96.0 cm³/mol. The highest BCUT2D eigenvalue weighted by molar-refractivity contribution is 5.85. The maximum absolute atomic E-state index is 10.6. The third-order valence-corrected chi connectivity index (χ3v) is 3.62. The van der Waals surface area contributed by atoms with Gasteiger partial charge in [-0.15, -0.1) is 0 Å². The Labute approximate surface area is 140 Å². The van der Waals surface area contributed by atoms with E-state index in [0.717, 1.165) is 18.8 Å². The van der Waals surface area contributed by atoms with Gasteiger partial charge in [-0.25, -0.2) is 0 Å². The highest BCUT2D eigenvalue weighted by Gasteiger charge is 2.06. The molecule has 7 heteroatoms. The summed E-state index contributed by atoms with van der Waals surface area (Å²) in [5.74, 6) is 0.147. The van der Waals surface area contributed by atoms with Crippen LogP contribution in [0.15, 0.2) is 47.6 Å². The second-order valence-corrected chi connectivity index (χ2v) is 5.09. The van der Waals surface area contributed by atoms with E-state index in [1.807, 2.05) is 6.07 Å². The van der Waals surface area contributed by atoms with Gasteiger partial charge in [-0.3, -0.25) is 15.5 Å². The van der Waals surface area contributed by atoms with E-state index in [1.54, 1.807) is 24.3 Å². The van der Waals surface area contributed by atoms with Crippen LogP contribution in [0.3, 0.4) is 0 Å². The molecule has 0 spiro atoms. The van der Waals surface area contributed by atoms with Crippen molar-refractivity contribution in [3.05, 3.63) is 58.1 Å². The van der Waals surface area contributed by atoms with Gasteiger partial charge in [0.15, 0.2) is 0 Å². The number of anilines is 2. The second kappa shape index (κ2) is 7.96. The fourth-order valence-electron chi connectivity index (χ4n) is 2.26. The fraction of sp³-hybridized carbons (Fsp3) is 0.235. The molecule has 24 heavy (non-hydrogen) atoms. The van der Waals surface area contributed by atoms with Crippen molar-refractivity contribution >= 4 is 23.3 Å². The van der Waals surface area contributed by atoms with Crippen molar-refractivity contribution in [1.29, 1.82) is 0 Å². The van der Waals surface area contributed by atoms with Gasteiger partial charge in [-0.2, -0.15) is 5.10 Å². The Kier molecular flexibility index (Phi) is 5.73. The number of nitrogens with zero attached hydrogens (tertiary/aromatic N) is 3. The quantitative estimate of drug-likeness (QED) is 0.460. The average molecular weight is 328 g/mol. The van der Waals surface area contributed by atoms with Gasteiger partial charge in [0.1, 0.15) is 5.75 Å². The topological polar surface area (TPSA) is 91.0 Å². The van der Waals surface area contributed by atoms with Gasteiger partial charge in [0, 0.05) is 42.5 Å². The van der Waals surface area contributed by atoms with Gasteiger partial charge in [0.05, 0.1) is 16.8 Å². The van der Waals surface area contributed by atoms with Crippen LogP contribution in [0.4, 0.5) is 17.1 Å². The van der Waals surface area contributed by atoms with Gasteiger partial charge in [0.2, 0.25) is 0 Å². The monoisotopic (exact) mass is 328 g/mol. The lowest BCUT2D eigenvalue weighted by Crippen LogP contribution is -2.21. The smallest absolute Gasteiger partial charge is 0.269 e. The number of non-ortho nitro benzene ring substituents is 1. The number of hydrogen-bond acceptors (Lipinski definition) is 6. The van der Waals surface area contributed by atoms with Crippen LogP contribution in [-0.4, -0.2) is 29.3 Å². The minimum Gasteiger partial charge on any atom is -0.507 e. The summed E-state index contributed by atoms with van der Waals surface area (Å²) >= 11 is 0. The van der Waals surface area contributed by atoms with Gasteiger partial charge in [0.25, 0.3) is 5.69 Å². The standard InChI is InChI=1S/C17H20N4O3/c1-3-20(4-2)16-8-5-13(17(22)11-16)12-18-19-14-6-9-15(10-7-14)21(23)24/h5-12,19,22H,3-4H2,1-2H3/b18-12+. The molecular weight excluding hydrogens is 308 g/mol. The van der Waals surface area contributed by atoms with Crippen LogP contribution in [0.2, 0.25) is 0 Å². The molecule has 0 aromatic heterocycles. The molecule has 0 saturated carbocycles. The van der Waals surface area contributed by atoms with Crippen molar-refractivity contribution in [3.63, 3.8) is 0 Å². The maximum atomic E-state index is 10.6. The molecule has 2 N–H and O–H groups in total. The summed E-state index contributed by atoms with van der Waals surface area (Å²) in [6.45, 7) is 5.85. The molecule has 7 nitrogen and oxygen atoms in total. The summed E-state index contributed by atoms with van der Waals surface area (Å²) in [6, 6.07) is 11.4. The Morgan fingerprint density at radius 1 is 1.21 bits per heavy atom. The zero-order valence-electron chi connectivity index (χ0n) is 13.6. The minimum atomic E-state index is -0.456. The predicted octanol–water partition coefficient (Wildman–Crippen LogP) is 3.59. The zero-order chi connectivity index (χ0) is 17.5. The molecule has 2 aromatic carbocycles. The summed E-state index contributed by atoms with van der Waals surface area (Å²) < 4.78 is 0. The highest BCUT2D eigenvalue weighted by Crippen LogP contribution is 2.23. The number of phenolic OH excluding ortho intramolecular Hbond substituents is 1. The molecule has 0 bridgehead atoms. The Morgan fingerprint density at radius 2 is 1.88 bits per heavy atom. The van der Waals surface area contributed by atoms with Crippen LogP contribution in [0.5, 0.6) is 5.75 Å². The number of nitro groups is 1. The molecule has 0 heterocycles. The molecule has 0 unspecified atom stereocenters. The lowest BCUT2D eigenvalue weighted by molar-refractivity contribution is -0.384. The largest absolute Gasteiger partial charge is 0.507 e. The summed E-state index contributed by atoms with van der Waals surface area (Å²) in [4.78, 5) is 12.3. The van der Waals surface area contributed by atoms with Crippen molar-refractivity contribution in [2.75, 3.05) is 23.4 Å². The van der Waals surface area contributed by atoms with Gasteiger partial charge in [-0.05, 0) is 38.1 Å². The lowest BCUT2D eigenvalue weighted by atomic mass is 10.2. The maximum Gasteiger partial charge on any atom is 0.269 e. The molecule has 0 fully saturated rings. The molecule has 0 radical (unpaired) electrons. The Bertz CT molecular complexity index is 725. The third kappa shape index (κ3) is 4.22. The van der Waals surface area contributed by atoms with E-state index in [9.17, 15) is 15.2 Å². The number of nitrogens with one attached hydrogen (secondary N) is 1. The number of benzene rings is 2. The van der Waals surface area contributed by atoms with Crippen LogP contribution in [0, 0.1) is 10.1 Å². The molecular formula is C17H20N4O3. The Hall–Kier alpha value is -3.09. The van der Waals surface area contributed by atoms with Crippen molar-refractivity contribution in [3.8, 4) is 5.75 Å². The first-order chi connectivity index (χ1) is 11.5. The molecule has 0 aliphatic heterocycles. The molecule has 126 valence electrons. The Balaban J connectivity index is 2.05. The van der Waals surface area contributed by atoms with Crippen molar-refractivity contribution in [2.45, 2.75) is 13.8 Å². The molecule has 2 rings (SSSR count). The van der Waals surface area contributed by atoms with Crippen molar-refractivity contribution in [2.24, 2.45) is 5.10 Å². The first kappa shape index (κ1) is 17.3. The zero-order valence-corrected chi connectivity index (χ0v) is 13.6. The van der Waals surface area contributed by atoms with Crippen LogP contribution in [0.25, 0.3) is 0 Å². The number of aromatic hydroxyl groups is 1. The summed E-state index contributed by atoms with van der Waals surface area (Å²) in [6.07, 6.45) is 1.50. The van der Waals surface area contributed by atoms with Crippen molar-refractivity contribution < 1.29 is 10.0 Å². The van der Waals surface area contributed by atoms with Crippen LogP contribution < -0.4 is 10.3 Å². The first-order valence-corrected chi connectivity index (χ1v) is 7.66. The molecule has 0 atom stereocenters. The molecule has 0 aliphatic carbocycles. The van der Waals surface area contributed by atoms with E-state index < -0.39 is 4.92 Å². The molecule has 0 aliphatic rings. The van der Waals surface area contributed by atoms with Crippen LogP contribution >= 0.6 is 0 Å². The molecule has 0 amide bonds. The number of rotatable bonds is 7. The van der Waals surface area contributed by atoms with E-state index in [4.69, 9.17) is 0 Å². The summed E-state index contributed by atoms with van der Waals surface area (Å²) in [7, 11) is 0. The van der Waals surface area contributed by atoms with E-state index in [1.165, 1.54) is 18.3 Å². The van der Waals surface area contributed by atoms with E-state index >= 15 is 0 Å². The molecule has 0 saturated heterocycles. The summed E-state index contributed by atoms with van der Waals surface area (Å²) in [5, 5.41) is 24.7. The van der Waals surface area contributed by atoms with Gasteiger partial charge < -0.3 is 10.0 Å². The number of nitro benzene ring substituents is 1. The Morgan fingerprint density at radius 3 is 2.42 bits per heavy atom. The number of phenols is 1. The average Bonchev–Trinajstić information content (AvgIpc) is 2.58. The second-order valence-electron chi connectivity index (χ2n) is 5.09. The van der Waals surface area contributed by atoms with Crippen LogP contribution in [-0.2, 0) is 0 Å². The van der Waals surface area contributed by atoms with Crippen LogP contribution in [0.1, 0.15) is 19.4 Å². The van der Waals surface area contributed by atoms with E-state index in [-0.39, 0.29) is 11.4 Å². The van der Waals surface area contributed by atoms with E-state index in [0.29, 0.717) is 11.3 Å².